The lowest BCUT2D eigenvalue weighted by molar-refractivity contribution is 0.0243. The standard InChI is InChI=1S/C15H30N2O/c1-3-9-16-12-14-7-5-10-17(14)13-6-4-8-15(11-13)18-2/h13-16H,3-12H2,1-2H3. The quantitative estimate of drug-likeness (QED) is 0.737. The first-order valence-electron chi connectivity index (χ1n) is 7.84. The molecule has 1 N–H and O–H groups in total. The molecular formula is C15H30N2O. The van der Waals surface area contributed by atoms with Crippen molar-refractivity contribution < 1.29 is 4.74 Å². The topological polar surface area (TPSA) is 24.5 Å². The van der Waals surface area contributed by atoms with Crippen molar-refractivity contribution in [1.29, 1.82) is 0 Å². The highest BCUT2D eigenvalue weighted by Crippen LogP contribution is 2.30. The zero-order valence-electron chi connectivity index (χ0n) is 12.2. The van der Waals surface area contributed by atoms with E-state index >= 15 is 0 Å². The Labute approximate surface area is 112 Å². The van der Waals surface area contributed by atoms with Gasteiger partial charge in [0.15, 0.2) is 0 Å². The summed E-state index contributed by atoms with van der Waals surface area (Å²) in [5.74, 6) is 0. The molecule has 0 spiro atoms. The van der Waals surface area contributed by atoms with E-state index in [1.165, 1.54) is 58.0 Å². The molecule has 1 aliphatic carbocycles. The molecule has 2 rings (SSSR count). The van der Waals surface area contributed by atoms with Crippen LogP contribution >= 0.6 is 0 Å². The van der Waals surface area contributed by atoms with E-state index in [9.17, 15) is 0 Å². The Morgan fingerprint density at radius 1 is 1.22 bits per heavy atom. The summed E-state index contributed by atoms with van der Waals surface area (Å²) in [6.45, 7) is 5.89. The number of hydrogen-bond donors (Lipinski definition) is 1. The summed E-state index contributed by atoms with van der Waals surface area (Å²) >= 11 is 0. The van der Waals surface area contributed by atoms with Gasteiger partial charge in [0, 0.05) is 25.7 Å². The van der Waals surface area contributed by atoms with Crippen LogP contribution in [0.25, 0.3) is 0 Å². The highest BCUT2D eigenvalue weighted by Gasteiger charge is 2.33. The van der Waals surface area contributed by atoms with E-state index in [2.05, 4.69) is 17.1 Å². The number of nitrogens with one attached hydrogen (secondary N) is 1. The number of nitrogens with zero attached hydrogens (tertiary/aromatic N) is 1. The van der Waals surface area contributed by atoms with Gasteiger partial charge in [0.2, 0.25) is 0 Å². The molecule has 3 heteroatoms. The number of hydrogen-bond acceptors (Lipinski definition) is 3. The Hall–Kier alpha value is -0.120. The monoisotopic (exact) mass is 254 g/mol. The number of methoxy groups -OCH3 is 1. The molecule has 106 valence electrons. The SMILES string of the molecule is CCCNCC1CCCN1C1CCCC(OC)C1. The first-order valence-corrected chi connectivity index (χ1v) is 7.84. The van der Waals surface area contributed by atoms with Crippen LogP contribution in [0.1, 0.15) is 51.9 Å². The van der Waals surface area contributed by atoms with Crippen molar-refractivity contribution in [2.45, 2.75) is 70.1 Å². The third kappa shape index (κ3) is 3.69. The summed E-state index contributed by atoms with van der Waals surface area (Å²) in [4.78, 5) is 2.77. The maximum atomic E-state index is 5.57. The van der Waals surface area contributed by atoms with Gasteiger partial charge in [-0.15, -0.1) is 0 Å². The maximum Gasteiger partial charge on any atom is 0.0586 e. The second-order valence-electron chi connectivity index (χ2n) is 5.92. The number of likely N-dealkylation sites (tertiary alicyclic amines) is 1. The molecule has 0 aromatic carbocycles. The molecule has 2 aliphatic rings. The van der Waals surface area contributed by atoms with Gasteiger partial charge in [-0.05, 0) is 58.0 Å². The fourth-order valence-corrected chi connectivity index (χ4v) is 3.64. The largest absolute Gasteiger partial charge is 0.381 e. The minimum atomic E-state index is 0.508. The molecule has 0 bridgehead atoms. The molecule has 3 atom stereocenters. The third-order valence-corrected chi connectivity index (χ3v) is 4.63. The van der Waals surface area contributed by atoms with Crippen molar-refractivity contribution in [2.75, 3.05) is 26.7 Å². The molecule has 0 aromatic rings. The van der Waals surface area contributed by atoms with E-state index in [0.717, 1.165) is 18.6 Å². The zero-order valence-corrected chi connectivity index (χ0v) is 12.2. The Bertz CT molecular complexity index is 235. The molecular weight excluding hydrogens is 224 g/mol. The predicted molar refractivity (Wildman–Crippen MR) is 75.9 cm³/mol. The molecule has 0 radical (unpaired) electrons. The lowest BCUT2D eigenvalue weighted by Crippen LogP contribution is -2.46. The van der Waals surface area contributed by atoms with Crippen LogP contribution in [0.3, 0.4) is 0 Å². The van der Waals surface area contributed by atoms with Gasteiger partial charge in [0.25, 0.3) is 0 Å². The first kappa shape index (κ1) is 14.3. The molecule has 1 saturated carbocycles. The lowest BCUT2D eigenvalue weighted by atomic mass is 9.91. The summed E-state index contributed by atoms with van der Waals surface area (Å²) in [5.41, 5.74) is 0. The molecule has 18 heavy (non-hydrogen) atoms. The van der Waals surface area contributed by atoms with Gasteiger partial charge in [0.05, 0.1) is 6.10 Å². The summed E-state index contributed by atoms with van der Waals surface area (Å²) in [6, 6.07) is 1.55. The Balaban J connectivity index is 1.82. The van der Waals surface area contributed by atoms with E-state index in [1.807, 2.05) is 7.11 Å². The van der Waals surface area contributed by atoms with Gasteiger partial charge in [0.1, 0.15) is 0 Å². The van der Waals surface area contributed by atoms with Gasteiger partial charge in [-0.2, -0.15) is 0 Å². The van der Waals surface area contributed by atoms with E-state index in [1.54, 1.807) is 0 Å². The van der Waals surface area contributed by atoms with Gasteiger partial charge < -0.3 is 10.1 Å². The fourth-order valence-electron chi connectivity index (χ4n) is 3.64. The normalized spacial score (nSPS) is 34.0. The van der Waals surface area contributed by atoms with Crippen LogP contribution in [0, 0.1) is 0 Å². The summed E-state index contributed by atoms with van der Waals surface area (Å²) < 4.78 is 5.57. The highest BCUT2D eigenvalue weighted by molar-refractivity contribution is 4.89. The van der Waals surface area contributed by atoms with Crippen molar-refractivity contribution in [2.24, 2.45) is 0 Å². The predicted octanol–water partition coefficient (Wildman–Crippen LogP) is 2.41. The van der Waals surface area contributed by atoms with Crippen LogP contribution in [-0.2, 0) is 4.74 Å². The van der Waals surface area contributed by atoms with Crippen molar-refractivity contribution in [1.82, 2.24) is 10.2 Å². The second-order valence-corrected chi connectivity index (χ2v) is 5.92. The van der Waals surface area contributed by atoms with Crippen molar-refractivity contribution in [3.8, 4) is 0 Å². The Morgan fingerprint density at radius 3 is 2.89 bits per heavy atom. The minimum absolute atomic E-state index is 0.508. The van der Waals surface area contributed by atoms with E-state index in [0.29, 0.717) is 6.10 Å². The van der Waals surface area contributed by atoms with Crippen LogP contribution < -0.4 is 5.32 Å². The summed E-state index contributed by atoms with van der Waals surface area (Å²) in [7, 11) is 1.87. The summed E-state index contributed by atoms with van der Waals surface area (Å²) in [6.07, 6.45) is 9.74. The highest BCUT2D eigenvalue weighted by atomic mass is 16.5. The zero-order chi connectivity index (χ0) is 12.8. The first-order chi connectivity index (χ1) is 8.85. The average molecular weight is 254 g/mol. The molecule has 1 saturated heterocycles. The molecule has 0 amide bonds. The van der Waals surface area contributed by atoms with Gasteiger partial charge >= 0.3 is 0 Å². The van der Waals surface area contributed by atoms with Crippen LogP contribution in [-0.4, -0.2) is 49.8 Å². The van der Waals surface area contributed by atoms with Crippen molar-refractivity contribution in [3.63, 3.8) is 0 Å². The fraction of sp³-hybridized carbons (Fsp3) is 1.00. The van der Waals surface area contributed by atoms with Gasteiger partial charge in [-0.1, -0.05) is 6.92 Å². The summed E-state index contributed by atoms with van der Waals surface area (Å²) in [5, 5.41) is 3.60. The van der Waals surface area contributed by atoms with Gasteiger partial charge in [-0.25, -0.2) is 0 Å². The van der Waals surface area contributed by atoms with E-state index < -0.39 is 0 Å². The van der Waals surface area contributed by atoms with Crippen molar-refractivity contribution >= 4 is 0 Å². The lowest BCUT2D eigenvalue weighted by Gasteiger charge is -2.38. The van der Waals surface area contributed by atoms with E-state index in [-0.39, 0.29) is 0 Å². The van der Waals surface area contributed by atoms with Crippen molar-refractivity contribution in [3.05, 3.63) is 0 Å². The van der Waals surface area contributed by atoms with Crippen LogP contribution in [0.2, 0.25) is 0 Å². The average Bonchev–Trinajstić information content (AvgIpc) is 2.87. The van der Waals surface area contributed by atoms with Gasteiger partial charge in [-0.3, -0.25) is 4.90 Å². The minimum Gasteiger partial charge on any atom is -0.381 e. The Morgan fingerprint density at radius 2 is 2.11 bits per heavy atom. The van der Waals surface area contributed by atoms with Crippen LogP contribution in [0.5, 0.6) is 0 Å². The molecule has 1 heterocycles. The van der Waals surface area contributed by atoms with Crippen LogP contribution in [0.4, 0.5) is 0 Å². The smallest absolute Gasteiger partial charge is 0.0586 e. The van der Waals surface area contributed by atoms with E-state index in [4.69, 9.17) is 4.74 Å². The number of rotatable bonds is 6. The Kier molecular flexibility index (Phi) is 5.93. The third-order valence-electron chi connectivity index (χ3n) is 4.63. The molecule has 3 nitrogen and oxygen atoms in total. The second kappa shape index (κ2) is 7.46. The molecule has 2 fully saturated rings. The molecule has 0 aromatic heterocycles. The number of ether oxygens (including phenoxy) is 1. The van der Waals surface area contributed by atoms with Crippen LogP contribution in [0.15, 0.2) is 0 Å². The maximum absolute atomic E-state index is 5.57. The molecule has 1 aliphatic heterocycles. The molecule has 3 unspecified atom stereocenters.